The topological polar surface area (TPSA) is 129 Å². The second-order valence-electron chi connectivity index (χ2n) is 10.8. The Kier molecular flexibility index (Phi) is 13.9. The lowest BCUT2D eigenvalue weighted by Gasteiger charge is -2.44. The monoisotopic (exact) mass is 684 g/mol. The molecule has 0 spiro atoms. The van der Waals surface area contributed by atoms with Crippen LogP contribution in [-0.2, 0) is 16.2 Å². The minimum atomic E-state index is -1.09. The molecule has 1 fully saturated rings. The molecular formula is C31H45IN2O7. The van der Waals surface area contributed by atoms with E-state index in [0.717, 1.165) is 57.8 Å². The maximum atomic E-state index is 13.9. The second-order valence-corrected chi connectivity index (χ2v) is 11.9. The van der Waals surface area contributed by atoms with Gasteiger partial charge in [0.1, 0.15) is 12.2 Å². The molecule has 3 atom stereocenters. The van der Waals surface area contributed by atoms with Gasteiger partial charge in [0, 0.05) is 31.0 Å². The van der Waals surface area contributed by atoms with Crippen molar-refractivity contribution in [2.75, 3.05) is 20.3 Å². The molecule has 0 unspecified atom stereocenters. The summed E-state index contributed by atoms with van der Waals surface area (Å²) in [7, 11) is 1.50. The van der Waals surface area contributed by atoms with E-state index in [1.165, 1.54) is 7.11 Å². The first-order valence-electron chi connectivity index (χ1n) is 14.7. The van der Waals surface area contributed by atoms with Gasteiger partial charge < -0.3 is 35.0 Å². The molecule has 0 heterocycles. The summed E-state index contributed by atoms with van der Waals surface area (Å²) in [5, 5.41) is 33.4. The van der Waals surface area contributed by atoms with Crippen LogP contribution in [0.5, 0.6) is 11.5 Å². The number of unbranched alkanes of at least 4 members (excludes halogenated alkanes) is 2. The van der Waals surface area contributed by atoms with Crippen molar-refractivity contribution in [3.05, 3.63) is 45.6 Å². The highest BCUT2D eigenvalue weighted by molar-refractivity contribution is 14.1. The zero-order valence-electron chi connectivity index (χ0n) is 24.0. The Balaban J connectivity index is 2.00. The molecule has 0 saturated heterocycles. The number of ether oxygens (including phenoxy) is 2. The summed E-state index contributed by atoms with van der Waals surface area (Å²) in [5.41, 5.74) is 1.06. The summed E-state index contributed by atoms with van der Waals surface area (Å²) in [6.07, 6.45) is 10.4. The van der Waals surface area contributed by atoms with Crippen molar-refractivity contribution >= 4 is 34.4 Å². The first-order valence-corrected chi connectivity index (χ1v) is 15.8. The first-order chi connectivity index (χ1) is 19.8. The second kappa shape index (κ2) is 17.1. The molecule has 0 aromatic heterocycles. The van der Waals surface area contributed by atoms with E-state index < -0.39 is 18.2 Å². The van der Waals surface area contributed by atoms with Gasteiger partial charge in [0.25, 0.3) is 0 Å². The van der Waals surface area contributed by atoms with Crippen LogP contribution in [0.1, 0.15) is 76.2 Å². The van der Waals surface area contributed by atoms with Crippen LogP contribution in [0.4, 0.5) is 0 Å². The number of methoxy groups -OCH3 is 1. The Hall–Kier alpha value is -2.15. The van der Waals surface area contributed by atoms with Crippen molar-refractivity contribution in [2.24, 2.45) is 0 Å². The number of nitrogens with one attached hydrogen (secondary N) is 1. The van der Waals surface area contributed by atoms with Gasteiger partial charge >= 0.3 is 0 Å². The van der Waals surface area contributed by atoms with Crippen LogP contribution in [0.15, 0.2) is 36.4 Å². The van der Waals surface area contributed by atoms with E-state index in [0.29, 0.717) is 32.6 Å². The fraction of sp³-hybridized carbons (Fsp3) is 0.613. The SMILES string of the molecule is C=CCCCCC(=O)N(C1CCCCCC1)[C@@H]1CC(C(=O)NCCO)=C[C@H](Oc2c(I)cc(CO)cc2OC)[C@H]1O. The van der Waals surface area contributed by atoms with Crippen LogP contribution in [0, 0.1) is 3.57 Å². The van der Waals surface area contributed by atoms with E-state index in [-0.39, 0.29) is 44.0 Å². The van der Waals surface area contributed by atoms with Gasteiger partial charge in [0.2, 0.25) is 11.8 Å². The number of rotatable bonds is 14. The predicted molar refractivity (Wildman–Crippen MR) is 166 cm³/mol. The number of nitrogens with zero attached hydrogens (tertiary/aromatic N) is 1. The molecule has 3 rings (SSSR count). The summed E-state index contributed by atoms with van der Waals surface area (Å²) < 4.78 is 12.6. The van der Waals surface area contributed by atoms with Gasteiger partial charge in [0.15, 0.2) is 11.5 Å². The number of hydrogen-bond donors (Lipinski definition) is 4. The molecule has 0 radical (unpaired) electrons. The summed E-state index contributed by atoms with van der Waals surface area (Å²) in [5.74, 6) is 0.410. The number of halogens is 1. The van der Waals surface area contributed by atoms with Crippen LogP contribution in [0.2, 0.25) is 0 Å². The molecule has 4 N–H and O–H groups in total. The average Bonchev–Trinajstić information content (AvgIpc) is 3.26. The number of aliphatic hydroxyl groups is 3. The molecular weight excluding hydrogens is 639 g/mol. The highest BCUT2D eigenvalue weighted by Crippen LogP contribution is 2.38. The molecule has 0 aliphatic heterocycles. The quantitative estimate of drug-likeness (QED) is 0.101. The summed E-state index contributed by atoms with van der Waals surface area (Å²) in [6, 6.07) is 2.76. The Morgan fingerprint density at radius 1 is 1.17 bits per heavy atom. The van der Waals surface area contributed by atoms with Gasteiger partial charge in [0.05, 0.1) is 29.9 Å². The fourth-order valence-electron chi connectivity index (χ4n) is 5.75. The number of carbonyl (C=O) groups excluding carboxylic acids is 2. The lowest BCUT2D eigenvalue weighted by Crippen LogP contribution is -2.58. The number of benzene rings is 1. The van der Waals surface area contributed by atoms with Crippen LogP contribution in [0.3, 0.4) is 0 Å². The van der Waals surface area contributed by atoms with Crippen LogP contribution in [-0.4, -0.2) is 76.6 Å². The highest BCUT2D eigenvalue weighted by Gasteiger charge is 2.43. The summed E-state index contributed by atoms with van der Waals surface area (Å²) in [6.45, 7) is 3.50. The number of aliphatic hydroxyl groups excluding tert-OH is 3. The predicted octanol–water partition coefficient (Wildman–Crippen LogP) is 4.01. The van der Waals surface area contributed by atoms with Crippen LogP contribution >= 0.6 is 22.6 Å². The Labute approximate surface area is 257 Å². The van der Waals surface area contributed by atoms with E-state index in [1.807, 2.05) is 11.0 Å². The Morgan fingerprint density at radius 2 is 1.90 bits per heavy atom. The van der Waals surface area contributed by atoms with Crippen LogP contribution in [0.25, 0.3) is 0 Å². The van der Waals surface area contributed by atoms with Gasteiger partial charge in [-0.2, -0.15) is 0 Å². The maximum absolute atomic E-state index is 13.9. The Bertz CT molecular complexity index is 1060. The van der Waals surface area contributed by atoms with E-state index in [1.54, 1.807) is 18.2 Å². The van der Waals surface area contributed by atoms with Crippen molar-refractivity contribution in [1.82, 2.24) is 10.2 Å². The lowest BCUT2D eigenvalue weighted by atomic mass is 9.86. The van der Waals surface area contributed by atoms with Crippen LogP contribution < -0.4 is 14.8 Å². The molecule has 0 bridgehead atoms. The average molecular weight is 685 g/mol. The number of hydrogen-bond acceptors (Lipinski definition) is 7. The maximum Gasteiger partial charge on any atom is 0.247 e. The van der Waals surface area contributed by atoms with E-state index in [9.17, 15) is 24.9 Å². The third-order valence-electron chi connectivity index (χ3n) is 7.85. The molecule has 9 nitrogen and oxygen atoms in total. The van der Waals surface area contributed by atoms with Gasteiger partial charge in [-0.05, 0) is 78.5 Å². The van der Waals surface area contributed by atoms with Gasteiger partial charge in [-0.1, -0.05) is 31.8 Å². The molecule has 2 amide bonds. The molecule has 41 heavy (non-hydrogen) atoms. The first kappa shape index (κ1) is 33.4. The number of carbonyl (C=O) groups is 2. The van der Waals surface area contributed by atoms with Crippen molar-refractivity contribution in [3.63, 3.8) is 0 Å². The molecule has 2 aliphatic rings. The Morgan fingerprint density at radius 3 is 2.54 bits per heavy atom. The third kappa shape index (κ3) is 9.17. The smallest absolute Gasteiger partial charge is 0.247 e. The highest BCUT2D eigenvalue weighted by atomic mass is 127. The van der Waals surface area contributed by atoms with Gasteiger partial charge in [-0.25, -0.2) is 0 Å². The fourth-order valence-corrected chi connectivity index (χ4v) is 6.55. The number of allylic oxidation sites excluding steroid dienone is 1. The minimum absolute atomic E-state index is 0.0137. The molecule has 228 valence electrons. The third-order valence-corrected chi connectivity index (χ3v) is 8.65. The van der Waals surface area contributed by atoms with Crippen molar-refractivity contribution in [1.29, 1.82) is 0 Å². The molecule has 1 aromatic rings. The zero-order valence-corrected chi connectivity index (χ0v) is 26.2. The van der Waals surface area contributed by atoms with Gasteiger partial charge in [-0.3, -0.25) is 9.59 Å². The normalized spacial score (nSPS) is 21.4. The van der Waals surface area contributed by atoms with E-state index >= 15 is 0 Å². The van der Waals surface area contributed by atoms with Crippen molar-refractivity contribution < 1.29 is 34.4 Å². The summed E-state index contributed by atoms with van der Waals surface area (Å²) in [4.78, 5) is 28.9. The van der Waals surface area contributed by atoms with Crippen molar-refractivity contribution in [3.8, 4) is 11.5 Å². The lowest BCUT2D eigenvalue weighted by molar-refractivity contribution is -0.142. The summed E-state index contributed by atoms with van der Waals surface area (Å²) >= 11 is 2.09. The minimum Gasteiger partial charge on any atom is -0.493 e. The van der Waals surface area contributed by atoms with Gasteiger partial charge in [-0.15, -0.1) is 6.58 Å². The molecule has 1 aromatic carbocycles. The largest absolute Gasteiger partial charge is 0.493 e. The van der Waals surface area contributed by atoms with Crippen molar-refractivity contribution in [2.45, 2.75) is 102 Å². The van der Waals surface area contributed by atoms with E-state index in [4.69, 9.17) is 9.47 Å². The van der Waals surface area contributed by atoms with E-state index in [2.05, 4.69) is 34.5 Å². The standard InChI is InChI=1S/C31H45IN2O7/c1-3-4-5-10-13-28(37)34(23-11-8-6-7-9-12-23)25-18-22(31(39)33-14-15-35)19-26(29(25)38)41-30-24(32)16-21(20-36)17-27(30)40-2/h3,16-17,19,23,25-26,29,35-36,38H,1,4-15,18,20H2,2H3,(H,33,39)/t25-,26+,29+/m1/s1. The molecule has 10 heteroatoms. The number of amides is 2. The zero-order chi connectivity index (χ0) is 29.8. The molecule has 2 aliphatic carbocycles. The molecule has 1 saturated carbocycles.